The molecule has 2 aromatic carbocycles. The van der Waals surface area contributed by atoms with Crippen molar-refractivity contribution < 1.29 is 9.18 Å². The Bertz CT molecular complexity index is 878. The van der Waals surface area contributed by atoms with Crippen LogP contribution in [0.3, 0.4) is 0 Å². The number of carbonyl (C=O) groups excluding carboxylic acids is 1. The number of hydrogen-bond acceptors (Lipinski definition) is 2. The van der Waals surface area contributed by atoms with E-state index in [-0.39, 0.29) is 5.56 Å². The molecule has 122 valence electrons. The highest BCUT2D eigenvalue weighted by molar-refractivity contribution is 6.31. The average Bonchev–Trinajstić information content (AvgIpc) is 2.99. The maximum atomic E-state index is 13.4. The van der Waals surface area contributed by atoms with Gasteiger partial charge < -0.3 is 9.88 Å². The molecule has 6 heteroatoms. The van der Waals surface area contributed by atoms with Gasteiger partial charge in [0, 0.05) is 35.6 Å². The second-order valence-corrected chi connectivity index (χ2v) is 5.74. The van der Waals surface area contributed by atoms with E-state index in [9.17, 15) is 9.18 Å². The third-order valence-corrected chi connectivity index (χ3v) is 4.04. The van der Waals surface area contributed by atoms with E-state index in [4.69, 9.17) is 11.6 Å². The van der Waals surface area contributed by atoms with Crippen molar-refractivity contribution in [2.45, 2.75) is 6.04 Å². The van der Waals surface area contributed by atoms with Crippen molar-refractivity contribution >= 4 is 17.5 Å². The molecule has 24 heavy (non-hydrogen) atoms. The van der Waals surface area contributed by atoms with E-state index in [2.05, 4.69) is 10.3 Å². The summed E-state index contributed by atoms with van der Waals surface area (Å²) in [5.41, 5.74) is 0.958. The first-order valence-electron chi connectivity index (χ1n) is 7.34. The number of benzene rings is 2. The van der Waals surface area contributed by atoms with E-state index in [1.807, 2.05) is 25.2 Å². The standard InChI is InChI=1S/C18H15ClFN3O/c1-23-10-9-21-17(23)16(14-7-2-3-8-15(14)19)22-18(24)12-5-4-6-13(20)11-12/h2-11,16H,1H3,(H,22,24). The first-order valence-corrected chi connectivity index (χ1v) is 7.72. The third-order valence-electron chi connectivity index (χ3n) is 3.70. The van der Waals surface area contributed by atoms with Gasteiger partial charge in [-0.3, -0.25) is 4.79 Å². The van der Waals surface area contributed by atoms with Crippen molar-refractivity contribution in [2.75, 3.05) is 0 Å². The lowest BCUT2D eigenvalue weighted by Crippen LogP contribution is -2.31. The van der Waals surface area contributed by atoms with E-state index >= 15 is 0 Å². The summed E-state index contributed by atoms with van der Waals surface area (Å²) in [6, 6.07) is 12.2. The Labute approximate surface area is 143 Å². The predicted octanol–water partition coefficient (Wildman–Crippen LogP) is 3.73. The smallest absolute Gasteiger partial charge is 0.252 e. The van der Waals surface area contributed by atoms with Crippen LogP contribution >= 0.6 is 11.6 Å². The van der Waals surface area contributed by atoms with Crippen molar-refractivity contribution in [3.63, 3.8) is 0 Å². The number of carbonyl (C=O) groups is 1. The normalized spacial score (nSPS) is 12.0. The van der Waals surface area contributed by atoms with Crippen molar-refractivity contribution in [3.05, 3.63) is 88.7 Å². The van der Waals surface area contributed by atoms with Crippen molar-refractivity contribution in [1.29, 1.82) is 0 Å². The maximum absolute atomic E-state index is 13.4. The number of halogens is 2. The summed E-state index contributed by atoms with van der Waals surface area (Å²) < 4.78 is 15.2. The molecule has 1 aromatic heterocycles. The molecule has 0 saturated heterocycles. The SMILES string of the molecule is Cn1ccnc1C(NC(=O)c1cccc(F)c1)c1ccccc1Cl. The van der Waals surface area contributed by atoms with Crippen LogP contribution in [0, 0.1) is 5.82 Å². The highest BCUT2D eigenvalue weighted by Gasteiger charge is 2.23. The van der Waals surface area contributed by atoms with Gasteiger partial charge in [-0.05, 0) is 24.3 Å². The Balaban J connectivity index is 1.98. The molecular weight excluding hydrogens is 329 g/mol. The molecule has 1 amide bonds. The summed E-state index contributed by atoms with van der Waals surface area (Å²) in [5.74, 6) is -0.232. The second kappa shape index (κ2) is 6.84. The van der Waals surface area contributed by atoms with Gasteiger partial charge in [0.25, 0.3) is 5.91 Å². The van der Waals surface area contributed by atoms with Crippen LogP contribution in [0.1, 0.15) is 27.8 Å². The first kappa shape index (κ1) is 16.2. The molecule has 0 aliphatic carbocycles. The summed E-state index contributed by atoms with van der Waals surface area (Å²) in [6.45, 7) is 0. The molecule has 0 aliphatic heterocycles. The van der Waals surface area contributed by atoms with E-state index in [1.54, 1.807) is 29.1 Å². The summed E-state index contributed by atoms with van der Waals surface area (Å²) in [5, 5.41) is 3.41. The lowest BCUT2D eigenvalue weighted by atomic mass is 10.1. The van der Waals surface area contributed by atoms with Crippen LogP contribution in [0.5, 0.6) is 0 Å². The molecule has 0 bridgehead atoms. The topological polar surface area (TPSA) is 46.9 Å². The van der Waals surface area contributed by atoms with Gasteiger partial charge >= 0.3 is 0 Å². The van der Waals surface area contributed by atoms with Gasteiger partial charge in [0.1, 0.15) is 17.7 Å². The first-order chi connectivity index (χ1) is 11.6. The number of rotatable bonds is 4. The van der Waals surface area contributed by atoms with Crippen LogP contribution in [0.2, 0.25) is 5.02 Å². The van der Waals surface area contributed by atoms with Crippen molar-refractivity contribution in [3.8, 4) is 0 Å². The fraction of sp³-hybridized carbons (Fsp3) is 0.111. The number of aryl methyl sites for hydroxylation is 1. The zero-order valence-corrected chi connectivity index (χ0v) is 13.7. The number of imidazole rings is 1. The van der Waals surface area contributed by atoms with Crippen molar-refractivity contribution in [1.82, 2.24) is 14.9 Å². The van der Waals surface area contributed by atoms with Crippen LogP contribution < -0.4 is 5.32 Å². The molecule has 1 atom stereocenters. The fourth-order valence-corrected chi connectivity index (χ4v) is 2.73. The van der Waals surface area contributed by atoms with Crippen molar-refractivity contribution in [2.24, 2.45) is 7.05 Å². The van der Waals surface area contributed by atoms with Crippen LogP contribution in [0.25, 0.3) is 0 Å². The molecule has 1 unspecified atom stereocenters. The van der Waals surface area contributed by atoms with E-state index in [0.29, 0.717) is 10.8 Å². The Kier molecular flexibility index (Phi) is 4.62. The average molecular weight is 344 g/mol. The summed E-state index contributed by atoms with van der Waals surface area (Å²) in [4.78, 5) is 16.9. The minimum absolute atomic E-state index is 0.237. The van der Waals surface area contributed by atoms with E-state index < -0.39 is 17.8 Å². The zero-order valence-electron chi connectivity index (χ0n) is 12.9. The summed E-state index contributed by atoms with van der Waals surface area (Å²) >= 11 is 6.29. The van der Waals surface area contributed by atoms with E-state index in [0.717, 1.165) is 5.56 Å². The molecule has 1 N–H and O–H groups in total. The molecule has 0 radical (unpaired) electrons. The monoisotopic (exact) mass is 343 g/mol. The quantitative estimate of drug-likeness (QED) is 0.784. The van der Waals surface area contributed by atoms with Gasteiger partial charge in [0.05, 0.1) is 0 Å². The number of amides is 1. The van der Waals surface area contributed by atoms with Crippen LogP contribution in [0.15, 0.2) is 60.9 Å². The van der Waals surface area contributed by atoms with Crippen LogP contribution in [-0.4, -0.2) is 15.5 Å². The zero-order chi connectivity index (χ0) is 17.1. The lowest BCUT2D eigenvalue weighted by Gasteiger charge is -2.20. The minimum atomic E-state index is -0.547. The van der Waals surface area contributed by atoms with Gasteiger partial charge in [-0.15, -0.1) is 0 Å². The highest BCUT2D eigenvalue weighted by atomic mass is 35.5. The molecular formula is C18H15ClFN3O. The Morgan fingerprint density at radius 1 is 1.25 bits per heavy atom. The molecule has 3 aromatic rings. The fourth-order valence-electron chi connectivity index (χ4n) is 2.49. The Hall–Kier alpha value is -2.66. The number of aromatic nitrogens is 2. The van der Waals surface area contributed by atoms with Gasteiger partial charge in [0.2, 0.25) is 0 Å². The predicted molar refractivity (Wildman–Crippen MR) is 90.4 cm³/mol. The van der Waals surface area contributed by atoms with Gasteiger partial charge in [-0.1, -0.05) is 35.9 Å². The molecule has 3 rings (SSSR count). The Morgan fingerprint density at radius 3 is 2.71 bits per heavy atom. The van der Waals surface area contributed by atoms with Gasteiger partial charge in [-0.2, -0.15) is 0 Å². The summed E-state index contributed by atoms with van der Waals surface area (Å²) in [6.07, 6.45) is 3.43. The maximum Gasteiger partial charge on any atom is 0.252 e. The second-order valence-electron chi connectivity index (χ2n) is 5.33. The molecule has 0 fully saturated rings. The molecule has 0 spiro atoms. The number of nitrogens with zero attached hydrogens (tertiary/aromatic N) is 2. The van der Waals surface area contributed by atoms with Gasteiger partial charge in [-0.25, -0.2) is 9.37 Å². The Morgan fingerprint density at radius 2 is 2.04 bits per heavy atom. The molecule has 4 nitrogen and oxygen atoms in total. The van der Waals surface area contributed by atoms with Crippen LogP contribution in [0.4, 0.5) is 4.39 Å². The largest absolute Gasteiger partial charge is 0.338 e. The molecule has 0 aliphatic rings. The molecule has 1 heterocycles. The van der Waals surface area contributed by atoms with Crippen LogP contribution in [-0.2, 0) is 7.05 Å². The highest BCUT2D eigenvalue weighted by Crippen LogP contribution is 2.27. The third kappa shape index (κ3) is 3.31. The van der Waals surface area contributed by atoms with E-state index in [1.165, 1.54) is 18.2 Å². The number of hydrogen-bond donors (Lipinski definition) is 1. The minimum Gasteiger partial charge on any atom is -0.338 e. The molecule has 0 saturated carbocycles. The number of nitrogens with one attached hydrogen (secondary N) is 1. The van der Waals surface area contributed by atoms with Gasteiger partial charge in [0.15, 0.2) is 0 Å². The summed E-state index contributed by atoms with van der Waals surface area (Å²) in [7, 11) is 1.83. The lowest BCUT2D eigenvalue weighted by molar-refractivity contribution is 0.0940.